The van der Waals surface area contributed by atoms with Crippen LogP contribution in [0.2, 0.25) is 0 Å². The summed E-state index contributed by atoms with van der Waals surface area (Å²) in [5.74, 6) is 1.85. The lowest BCUT2D eigenvalue weighted by molar-refractivity contribution is 0.199. The summed E-state index contributed by atoms with van der Waals surface area (Å²) in [6.07, 6.45) is 3.53. The molecule has 0 amide bonds. The minimum absolute atomic E-state index is 0.803. The van der Waals surface area contributed by atoms with Gasteiger partial charge in [-0.1, -0.05) is 13.8 Å². The predicted molar refractivity (Wildman–Crippen MR) is 80.3 cm³/mol. The zero-order chi connectivity index (χ0) is 13.8. The van der Waals surface area contributed by atoms with E-state index in [4.69, 9.17) is 5.73 Å². The smallest absolute Gasteiger partial charge is 0.147 e. The molecule has 2 rings (SSSR count). The van der Waals surface area contributed by atoms with Crippen molar-refractivity contribution in [3.8, 4) is 0 Å². The molecule has 3 N–H and O–H groups in total. The number of nitrogens with zero attached hydrogens (tertiary/aromatic N) is 3. The van der Waals surface area contributed by atoms with Gasteiger partial charge in [-0.05, 0) is 38.3 Å². The van der Waals surface area contributed by atoms with E-state index in [9.17, 15) is 0 Å². The van der Waals surface area contributed by atoms with E-state index >= 15 is 0 Å². The van der Waals surface area contributed by atoms with Gasteiger partial charge in [0.25, 0.3) is 0 Å². The second-order valence-corrected chi connectivity index (χ2v) is 5.64. The van der Waals surface area contributed by atoms with Gasteiger partial charge in [-0.2, -0.15) is 5.10 Å². The van der Waals surface area contributed by atoms with Crippen molar-refractivity contribution in [2.75, 3.05) is 37.2 Å². The van der Waals surface area contributed by atoms with E-state index in [2.05, 4.69) is 29.2 Å². The second kappa shape index (κ2) is 6.28. The lowest BCUT2D eigenvalue weighted by atomic mass is 9.99. The quantitative estimate of drug-likeness (QED) is 0.851. The first-order valence-corrected chi connectivity index (χ1v) is 7.39. The van der Waals surface area contributed by atoms with Crippen molar-refractivity contribution in [2.24, 2.45) is 13.0 Å². The van der Waals surface area contributed by atoms with Gasteiger partial charge < -0.3 is 16.0 Å². The maximum Gasteiger partial charge on any atom is 0.147 e. The van der Waals surface area contributed by atoms with Crippen molar-refractivity contribution in [3.63, 3.8) is 0 Å². The summed E-state index contributed by atoms with van der Waals surface area (Å²) in [5.41, 5.74) is 7.88. The van der Waals surface area contributed by atoms with E-state index in [0.29, 0.717) is 0 Å². The first-order chi connectivity index (χ1) is 9.11. The Morgan fingerprint density at radius 1 is 1.37 bits per heavy atom. The summed E-state index contributed by atoms with van der Waals surface area (Å²) in [6.45, 7) is 8.89. The van der Waals surface area contributed by atoms with Gasteiger partial charge in [-0.25, -0.2) is 0 Å². The Kier molecular flexibility index (Phi) is 4.69. The molecule has 0 bridgehead atoms. The highest BCUT2D eigenvalue weighted by Gasteiger charge is 2.16. The highest BCUT2D eigenvalue weighted by molar-refractivity contribution is 5.64. The number of nitrogens with one attached hydrogen (secondary N) is 1. The number of nitrogen functional groups attached to an aromatic ring is 1. The van der Waals surface area contributed by atoms with Crippen molar-refractivity contribution in [2.45, 2.75) is 33.1 Å². The number of piperidine rings is 1. The summed E-state index contributed by atoms with van der Waals surface area (Å²) in [6, 6.07) is 0. The number of nitrogens with two attached hydrogens (primary N) is 1. The molecular weight excluding hydrogens is 238 g/mol. The fourth-order valence-corrected chi connectivity index (χ4v) is 2.68. The Labute approximate surface area is 116 Å². The molecule has 0 radical (unpaired) electrons. The van der Waals surface area contributed by atoms with Gasteiger partial charge in [0.05, 0.1) is 11.4 Å². The highest BCUT2D eigenvalue weighted by Crippen LogP contribution is 2.22. The van der Waals surface area contributed by atoms with Crippen molar-refractivity contribution in [1.82, 2.24) is 14.7 Å². The van der Waals surface area contributed by atoms with Gasteiger partial charge in [0.15, 0.2) is 0 Å². The standard InChI is InChI=1S/C14H27N5/c1-4-12-13(15)14(18(3)17-12)16-7-10-19-8-5-11(2)6-9-19/h11,16H,4-10,15H2,1-3H3. The molecule has 0 aromatic carbocycles. The zero-order valence-electron chi connectivity index (χ0n) is 12.4. The largest absolute Gasteiger partial charge is 0.394 e. The summed E-state index contributed by atoms with van der Waals surface area (Å²) >= 11 is 0. The van der Waals surface area contributed by atoms with Crippen LogP contribution in [0.4, 0.5) is 11.5 Å². The van der Waals surface area contributed by atoms with Crippen molar-refractivity contribution in [1.29, 1.82) is 0 Å². The molecule has 1 aliphatic heterocycles. The molecule has 0 unspecified atom stereocenters. The number of hydrogen-bond acceptors (Lipinski definition) is 4. The zero-order valence-corrected chi connectivity index (χ0v) is 12.4. The number of aryl methyl sites for hydroxylation is 2. The Morgan fingerprint density at radius 3 is 2.63 bits per heavy atom. The number of aromatic nitrogens is 2. The van der Waals surface area contributed by atoms with E-state index in [0.717, 1.165) is 42.6 Å². The molecule has 0 spiro atoms. The summed E-state index contributed by atoms with van der Waals surface area (Å²) in [4.78, 5) is 2.53. The number of anilines is 2. The third-order valence-electron chi connectivity index (χ3n) is 4.09. The van der Waals surface area contributed by atoms with Crippen LogP contribution < -0.4 is 11.1 Å². The van der Waals surface area contributed by atoms with Crippen LogP contribution in [0.1, 0.15) is 32.4 Å². The third kappa shape index (κ3) is 3.41. The van der Waals surface area contributed by atoms with Crippen molar-refractivity contribution >= 4 is 11.5 Å². The predicted octanol–water partition coefficient (Wildman–Crippen LogP) is 1.71. The lowest BCUT2D eigenvalue weighted by Crippen LogP contribution is -2.36. The van der Waals surface area contributed by atoms with Crippen molar-refractivity contribution < 1.29 is 0 Å². The molecule has 19 heavy (non-hydrogen) atoms. The molecule has 5 nitrogen and oxygen atoms in total. The minimum Gasteiger partial charge on any atom is -0.394 e. The van der Waals surface area contributed by atoms with E-state index in [1.165, 1.54) is 25.9 Å². The highest BCUT2D eigenvalue weighted by atomic mass is 15.3. The monoisotopic (exact) mass is 265 g/mol. The van der Waals surface area contributed by atoms with Crippen LogP contribution in [0.25, 0.3) is 0 Å². The average Bonchev–Trinajstić information content (AvgIpc) is 2.68. The van der Waals surface area contributed by atoms with Crippen LogP contribution in [-0.2, 0) is 13.5 Å². The topological polar surface area (TPSA) is 59.1 Å². The first-order valence-electron chi connectivity index (χ1n) is 7.39. The SMILES string of the molecule is CCc1nn(C)c(NCCN2CCC(C)CC2)c1N. The molecular formula is C14H27N5. The lowest BCUT2D eigenvalue weighted by Gasteiger charge is -2.30. The number of rotatable bonds is 5. The molecule has 1 aromatic heterocycles. The van der Waals surface area contributed by atoms with E-state index < -0.39 is 0 Å². The normalized spacial score (nSPS) is 17.8. The molecule has 1 aromatic rings. The molecule has 0 aliphatic carbocycles. The van der Waals surface area contributed by atoms with Crippen molar-refractivity contribution in [3.05, 3.63) is 5.69 Å². The molecule has 0 saturated carbocycles. The second-order valence-electron chi connectivity index (χ2n) is 5.64. The molecule has 1 aliphatic rings. The Balaban J connectivity index is 1.81. The van der Waals surface area contributed by atoms with Crippen LogP contribution in [0.15, 0.2) is 0 Å². The van der Waals surface area contributed by atoms with Crippen LogP contribution in [0, 0.1) is 5.92 Å². The summed E-state index contributed by atoms with van der Waals surface area (Å²) in [5, 5.41) is 7.85. The average molecular weight is 265 g/mol. The summed E-state index contributed by atoms with van der Waals surface area (Å²) in [7, 11) is 1.94. The Bertz CT molecular complexity index is 404. The number of likely N-dealkylation sites (tertiary alicyclic amines) is 1. The Hall–Kier alpha value is -1.23. The van der Waals surface area contributed by atoms with Crippen LogP contribution >= 0.6 is 0 Å². The van der Waals surface area contributed by atoms with Crippen LogP contribution in [-0.4, -0.2) is 40.9 Å². The first kappa shape index (κ1) is 14.2. The fraction of sp³-hybridized carbons (Fsp3) is 0.786. The van der Waals surface area contributed by atoms with Crippen LogP contribution in [0.3, 0.4) is 0 Å². The van der Waals surface area contributed by atoms with E-state index in [1.54, 1.807) is 0 Å². The van der Waals surface area contributed by atoms with Crippen LogP contribution in [0.5, 0.6) is 0 Å². The van der Waals surface area contributed by atoms with Gasteiger partial charge in [0.2, 0.25) is 0 Å². The maximum atomic E-state index is 6.09. The van der Waals surface area contributed by atoms with Gasteiger partial charge >= 0.3 is 0 Å². The fourth-order valence-electron chi connectivity index (χ4n) is 2.68. The van der Waals surface area contributed by atoms with Gasteiger partial charge in [-0.3, -0.25) is 4.68 Å². The van der Waals surface area contributed by atoms with E-state index in [-0.39, 0.29) is 0 Å². The third-order valence-corrected chi connectivity index (χ3v) is 4.09. The van der Waals surface area contributed by atoms with Gasteiger partial charge in [0.1, 0.15) is 5.82 Å². The molecule has 108 valence electrons. The molecule has 0 atom stereocenters. The molecule has 2 heterocycles. The maximum absolute atomic E-state index is 6.09. The molecule has 1 fully saturated rings. The van der Waals surface area contributed by atoms with Gasteiger partial charge in [-0.15, -0.1) is 0 Å². The molecule has 1 saturated heterocycles. The number of hydrogen-bond donors (Lipinski definition) is 2. The Morgan fingerprint density at radius 2 is 2.05 bits per heavy atom. The summed E-state index contributed by atoms with van der Waals surface area (Å²) < 4.78 is 1.85. The van der Waals surface area contributed by atoms with E-state index in [1.807, 2.05) is 11.7 Å². The minimum atomic E-state index is 0.803. The van der Waals surface area contributed by atoms with Gasteiger partial charge in [0, 0.05) is 20.1 Å². The molecule has 5 heteroatoms.